The van der Waals surface area contributed by atoms with Crippen molar-refractivity contribution < 1.29 is 13.9 Å². The Hall–Kier alpha value is -0.600. The van der Waals surface area contributed by atoms with Gasteiger partial charge in [0.05, 0.1) is 6.42 Å². The van der Waals surface area contributed by atoms with Crippen molar-refractivity contribution in [3.05, 3.63) is 0 Å². The van der Waals surface area contributed by atoms with Crippen molar-refractivity contribution in [2.24, 2.45) is 0 Å². The Kier molecular flexibility index (Phi) is 0.964. The molecular formula is C4H5FO2. The van der Waals surface area contributed by atoms with Crippen molar-refractivity contribution in [2.45, 2.75) is 12.6 Å². The van der Waals surface area contributed by atoms with Gasteiger partial charge in [0.2, 0.25) is 0 Å². The van der Waals surface area contributed by atoms with Crippen molar-refractivity contribution in [3.63, 3.8) is 0 Å². The molecule has 2 nitrogen and oxygen atoms in total. The van der Waals surface area contributed by atoms with Crippen LogP contribution in [0.3, 0.4) is 0 Å². The molecule has 3 heteroatoms. The molecule has 0 aromatic carbocycles. The summed E-state index contributed by atoms with van der Waals surface area (Å²) in [6, 6.07) is 0. The fraction of sp³-hybridized carbons (Fsp3) is 0.750. The number of alkyl halides is 1. The van der Waals surface area contributed by atoms with Crippen molar-refractivity contribution in [3.8, 4) is 0 Å². The molecule has 1 heterocycles. The molecule has 1 unspecified atom stereocenters. The normalized spacial score (nSPS) is 30.4. The Labute approximate surface area is 40.3 Å². The molecule has 0 aromatic rings. The zero-order chi connectivity index (χ0) is 5.28. The van der Waals surface area contributed by atoms with E-state index < -0.39 is 12.1 Å². The Morgan fingerprint density at radius 1 is 1.86 bits per heavy atom. The van der Waals surface area contributed by atoms with Gasteiger partial charge >= 0.3 is 5.97 Å². The Balaban J connectivity index is 2.40. The average Bonchev–Trinajstić information content (AvgIpc) is 1.87. The molecule has 1 atom stereocenters. The van der Waals surface area contributed by atoms with Crippen LogP contribution in [0.15, 0.2) is 0 Å². The van der Waals surface area contributed by atoms with Gasteiger partial charge in [-0.2, -0.15) is 0 Å². The van der Waals surface area contributed by atoms with E-state index in [0.717, 1.165) is 0 Å². The first-order valence-electron chi connectivity index (χ1n) is 2.09. The van der Waals surface area contributed by atoms with Crippen LogP contribution in [0.1, 0.15) is 6.42 Å². The molecule has 0 amide bonds. The minimum absolute atomic E-state index is 0.0428. The maximum atomic E-state index is 11.8. The lowest BCUT2D eigenvalue weighted by molar-refractivity contribution is -0.137. The maximum absolute atomic E-state index is 11.8. The number of carbonyl (C=O) groups is 1. The Bertz CT molecular complexity index is 91.7. The van der Waals surface area contributed by atoms with E-state index in [9.17, 15) is 9.18 Å². The van der Waals surface area contributed by atoms with Gasteiger partial charge < -0.3 is 4.74 Å². The summed E-state index contributed by atoms with van der Waals surface area (Å²) in [5.74, 6) is -0.424. The monoisotopic (exact) mass is 104 g/mol. The van der Waals surface area contributed by atoms with Gasteiger partial charge in [-0.15, -0.1) is 0 Å². The van der Waals surface area contributed by atoms with E-state index >= 15 is 0 Å². The molecule has 1 saturated heterocycles. The quantitative estimate of drug-likeness (QED) is 0.412. The first-order chi connectivity index (χ1) is 3.29. The van der Waals surface area contributed by atoms with Gasteiger partial charge in [0.1, 0.15) is 12.8 Å². The third-order valence-electron chi connectivity index (χ3n) is 0.813. The van der Waals surface area contributed by atoms with E-state index in [1.807, 2.05) is 0 Å². The minimum atomic E-state index is -1.05. The van der Waals surface area contributed by atoms with E-state index in [4.69, 9.17) is 0 Å². The zero-order valence-electron chi connectivity index (χ0n) is 3.69. The topological polar surface area (TPSA) is 26.3 Å². The van der Waals surface area contributed by atoms with Crippen LogP contribution in [0.25, 0.3) is 0 Å². The SMILES string of the molecule is O=C1CC(F)CO1. The summed E-state index contributed by atoms with van der Waals surface area (Å²) in [5.41, 5.74) is 0. The summed E-state index contributed by atoms with van der Waals surface area (Å²) in [4.78, 5) is 9.99. The highest BCUT2D eigenvalue weighted by molar-refractivity contribution is 5.71. The van der Waals surface area contributed by atoms with Gasteiger partial charge in [0.15, 0.2) is 0 Å². The van der Waals surface area contributed by atoms with Crippen LogP contribution in [-0.4, -0.2) is 18.7 Å². The summed E-state index contributed by atoms with van der Waals surface area (Å²) >= 11 is 0. The average molecular weight is 104 g/mol. The van der Waals surface area contributed by atoms with Crippen LogP contribution < -0.4 is 0 Å². The third kappa shape index (κ3) is 0.885. The van der Waals surface area contributed by atoms with Crippen molar-refractivity contribution >= 4 is 5.97 Å². The van der Waals surface area contributed by atoms with Crippen molar-refractivity contribution in [2.75, 3.05) is 6.61 Å². The summed E-state index contributed by atoms with van der Waals surface area (Å²) in [7, 11) is 0. The number of hydrogen-bond donors (Lipinski definition) is 0. The van der Waals surface area contributed by atoms with Crippen LogP contribution in [0.5, 0.6) is 0 Å². The van der Waals surface area contributed by atoms with Crippen LogP contribution in [0, 0.1) is 0 Å². The number of halogens is 1. The van der Waals surface area contributed by atoms with Gasteiger partial charge in [0.25, 0.3) is 0 Å². The second kappa shape index (κ2) is 1.48. The Morgan fingerprint density at radius 2 is 2.57 bits per heavy atom. The second-order valence-corrected chi connectivity index (χ2v) is 1.48. The Morgan fingerprint density at radius 3 is 2.71 bits per heavy atom. The number of rotatable bonds is 0. The fourth-order valence-electron chi connectivity index (χ4n) is 0.482. The van der Waals surface area contributed by atoms with Gasteiger partial charge in [-0.3, -0.25) is 4.79 Å². The smallest absolute Gasteiger partial charge is 0.308 e. The van der Waals surface area contributed by atoms with Gasteiger partial charge in [-0.25, -0.2) is 4.39 Å². The first kappa shape index (κ1) is 4.56. The lowest BCUT2D eigenvalue weighted by atomic mass is 10.3. The van der Waals surface area contributed by atoms with Crippen molar-refractivity contribution in [1.82, 2.24) is 0 Å². The second-order valence-electron chi connectivity index (χ2n) is 1.48. The maximum Gasteiger partial charge on any atom is 0.308 e. The number of cyclic esters (lactones) is 1. The van der Waals surface area contributed by atoms with E-state index in [1.54, 1.807) is 0 Å². The first-order valence-corrected chi connectivity index (χ1v) is 2.09. The molecule has 0 aromatic heterocycles. The molecule has 40 valence electrons. The molecule has 0 radical (unpaired) electrons. The third-order valence-corrected chi connectivity index (χ3v) is 0.813. The lowest BCUT2D eigenvalue weighted by Crippen LogP contribution is -1.94. The summed E-state index contributed by atoms with van der Waals surface area (Å²) in [6.45, 7) is -0.0428. The van der Waals surface area contributed by atoms with Crippen LogP contribution in [0.2, 0.25) is 0 Å². The largest absolute Gasteiger partial charge is 0.462 e. The van der Waals surface area contributed by atoms with E-state index in [1.165, 1.54) is 0 Å². The molecule has 0 spiro atoms. The van der Waals surface area contributed by atoms with E-state index in [-0.39, 0.29) is 13.0 Å². The molecule has 0 N–H and O–H groups in total. The number of esters is 1. The highest BCUT2D eigenvalue weighted by Gasteiger charge is 2.22. The summed E-state index contributed by atoms with van der Waals surface area (Å²) < 4.78 is 16.1. The van der Waals surface area contributed by atoms with Crippen LogP contribution in [-0.2, 0) is 9.53 Å². The number of hydrogen-bond acceptors (Lipinski definition) is 2. The predicted molar refractivity (Wildman–Crippen MR) is 20.5 cm³/mol. The van der Waals surface area contributed by atoms with E-state index in [2.05, 4.69) is 4.74 Å². The highest BCUT2D eigenvalue weighted by atomic mass is 19.1. The molecular weight excluding hydrogens is 99.0 g/mol. The predicted octanol–water partition coefficient (Wildman–Crippen LogP) is 0.271. The fourth-order valence-corrected chi connectivity index (χ4v) is 0.482. The van der Waals surface area contributed by atoms with Crippen molar-refractivity contribution in [1.29, 1.82) is 0 Å². The molecule has 1 fully saturated rings. The van der Waals surface area contributed by atoms with Gasteiger partial charge in [-0.05, 0) is 0 Å². The molecule has 1 aliphatic heterocycles. The summed E-state index contributed by atoms with van der Waals surface area (Å²) in [6.07, 6.45) is -1.10. The highest BCUT2D eigenvalue weighted by Crippen LogP contribution is 2.07. The number of carbonyl (C=O) groups excluding carboxylic acids is 1. The summed E-state index contributed by atoms with van der Waals surface area (Å²) in [5, 5.41) is 0. The number of ether oxygens (including phenoxy) is 1. The minimum Gasteiger partial charge on any atom is -0.462 e. The molecule has 1 aliphatic rings. The van der Waals surface area contributed by atoms with Crippen LogP contribution in [0.4, 0.5) is 4.39 Å². The van der Waals surface area contributed by atoms with Gasteiger partial charge in [0, 0.05) is 0 Å². The standard InChI is InChI=1S/C4H5FO2/c5-3-1-4(6)7-2-3/h3H,1-2H2. The van der Waals surface area contributed by atoms with Gasteiger partial charge in [-0.1, -0.05) is 0 Å². The molecule has 0 bridgehead atoms. The molecule has 0 aliphatic carbocycles. The molecule has 7 heavy (non-hydrogen) atoms. The molecule has 0 saturated carbocycles. The zero-order valence-corrected chi connectivity index (χ0v) is 3.69. The lowest BCUT2D eigenvalue weighted by Gasteiger charge is -1.84. The van der Waals surface area contributed by atoms with E-state index in [0.29, 0.717) is 0 Å². The molecule has 1 rings (SSSR count). The van der Waals surface area contributed by atoms with Crippen LogP contribution >= 0.6 is 0 Å².